The molecule has 0 amide bonds. The average Bonchev–Trinajstić information content (AvgIpc) is 2.60. The summed E-state index contributed by atoms with van der Waals surface area (Å²) in [5, 5.41) is 0. The van der Waals surface area contributed by atoms with Crippen LogP contribution < -0.4 is 0 Å². The summed E-state index contributed by atoms with van der Waals surface area (Å²) in [5.74, 6) is 0.967. The maximum absolute atomic E-state index is 3.60. The number of allylic oxidation sites excluding steroid dienone is 9. The van der Waals surface area contributed by atoms with E-state index < -0.39 is 0 Å². The normalized spacial score (nSPS) is 27.1. The Hall–Kier alpha value is -1.60. The predicted molar refractivity (Wildman–Crippen MR) is 101 cm³/mol. The lowest BCUT2D eigenvalue weighted by Gasteiger charge is -2.35. The largest absolute Gasteiger partial charge is 0.0754 e. The maximum atomic E-state index is 3.60. The van der Waals surface area contributed by atoms with E-state index in [1.54, 1.807) is 11.1 Å². The van der Waals surface area contributed by atoms with Gasteiger partial charge < -0.3 is 0 Å². The fraction of sp³-hybridized carbons (Fsp3) is 0.273. The summed E-state index contributed by atoms with van der Waals surface area (Å²) in [5.41, 5.74) is 9.07. The molecule has 0 aliphatic heterocycles. The molecular weight excluding hydrogens is 344 g/mol. The molecule has 0 nitrogen and oxygen atoms in total. The molecule has 23 heavy (non-hydrogen) atoms. The molecule has 4 aliphatic rings. The van der Waals surface area contributed by atoms with Crippen molar-refractivity contribution in [1.29, 1.82) is 0 Å². The zero-order valence-electron chi connectivity index (χ0n) is 13.1. The molecule has 0 radical (unpaired) electrons. The molecule has 2 atom stereocenters. The predicted octanol–water partition coefficient (Wildman–Crippen LogP) is 6.00. The molecule has 2 unspecified atom stereocenters. The van der Waals surface area contributed by atoms with Gasteiger partial charge in [-0.05, 0) is 65.2 Å². The van der Waals surface area contributed by atoms with Gasteiger partial charge in [0, 0.05) is 16.3 Å². The Bertz CT molecular complexity index is 845. The SMILES string of the molecule is BrC1=CC2=CC=C3c4ccc5c(c4C=CC3C2C=C1)CCCC5. The molecule has 5 rings (SSSR count). The highest BCUT2D eigenvalue weighted by Crippen LogP contribution is 2.46. The Morgan fingerprint density at radius 3 is 2.74 bits per heavy atom. The lowest BCUT2D eigenvalue weighted by molar-refractivity contribution is 0.652. The van der Waals surface area contributed by atoms with E-state index in [1.807, 2.05) is 0 Å². The molecule has 0 aromatic heterocycles. The molecule has 1 aromatic rings. The fourth-order valence-corrected chi connectivity index (χ4v) is 5.00. The third-order valence-corrected chi connectivity index (χ3v) is 6.21. The number of rotatable bonds is 0. The zero-order chi connectivity index (χ0) is 15.4. The molecule has 0 heterocycles. The van der Waals surface area contributed by atoms with Crippen LogP contribution in [0.15, 0.2) is 58.6 Å². The van der Waals surface area contributed by atoms with Crippen molar-refractivity contribution in [1.82, 2.24) is 0 Å². The highest BCUT2D eigenvalue weighted by atomic mass is 79.9. The number of benzene rings is 1. The number of hydrogen-bond acceptors (Lipinski definition) is 0. The van der Waals surface area contributed by atoms with E-state index in [9.17, 15) is 0 Å². The lowest BCUT2D eigenvalue weighted by Crippen LogP contribution is -2.22. The molecule has 1 aromatic carbocycles. The van der Waals surface area contributed by atoms with Crippen molar-refractivity contribution in [2.45, 2.75) is 25.7 Å². The second-order valence-electron chi connectivity index (χ2n) is 6.96. The summed E-state index contributed by atoms with van der Waals surface area (Å²) in [6.07, 6.45) is 21.5. The first kappa shape index (κ1) is 13.8. The standard InChI is InChI=1S/C22H19Br/c23-16-7-10-18-15(13-16)6-9-22-20(18)12-11-19-17-4-2-1-3-14(17)5-8-21(19)22/h5-13,18,20H,1-4H2. The van der Waals surface area contributed by atoms with E-state index in [0.29, 0.717) is 11.8 Å². The van der Waals surface area contributed by atoms with E-state index >= 15 is 0 Å². The summed E-state index contributed by atoms with van der Waals surface area (Å²) >= 11 is 3.60. The van der Waals surface area contributed by atoms with Gasteiger partial charge in [-0.15, -0.1) is 0 Å². The molecule has 0 N–H and O–H groups in total. The van der Waals surface area contributed by atoms with Gasteiger partial charge in [0.05, 0.1) is 0 Å². The lowest BCUT2D eigenvalue weighted by atomic mass is 9.69. The van der Waals surface area contributed by atoms with E-state index in [-0.39, 0.29) is 0 Å². The quantitative estimate of drug-likeness (QED) is 0.531. The van der Waals surface area contributed by atoms with E-state index in [0.717, 1.165) is 0 Å². The average molecular weight is 363 g/mol. The van der Waals surface area contributed by atoms with Crippen LogP contribution in [0.4, 0.5) is 0 Å². The third-order valence-electron chi connectivity index (χ3n) is 5.71. The van der Waals surface area contributed by atoms with E-state index in [2.05, 4.69) is 70.6 Å². The number of fused-ring (bicyclic) bond motifs is 7. The van der Waals surface area contributed by atoms with Crippen molar-refractivity contribution in [3.05, 3.63) is 80.9 Å². The van der Waals surface area contributed by atoms with Crippen LogP contribution in [0.3, 0.4) is 0 Å². The summed E-state index contributed by atoms with van der Waals surface area (Å²) in [4.78, 5) is 0. The van der Waals surface area contributed by atoms with Crippen molar-refractivity contribution in [2.75, 3.05) is 0 Å². The number of hydrogen-bond donors (Lipinski definition) is 0. The van der Waals surface area contributed by atoms with Crippen LogP contribution in [0.1, 0.15) is 35.1 Å². The fourth-order valence-electron chi connectivity index (χ4n) is 4.58. The highest BCUT2D eigenvalue weighted by molar-refractivity contribution is 9.11. The van der Waals surface area contributed by atoms with Crippen molar-refractivity contribution >= 4 is 27.6 Å². The van der Waals surface area contributed by atoms with Gasteiger partial charge in [0.25, 0.3) is 0 Å². The smallest absolute Gasteiger partial charge is 0.0175 e. The monoisotopic (exact) mass is 362 g/mol. The molecule has 0 saturated carbocycles. The van der Waals surface area contributed by atoms with Crippen molar-refractivity contribution in [3.63, 3.8) is 0 Å². The summed E-state index contributed by atoms with van der Waals surface area (Å²) in [6, 6.07) is 4.76. The number of halogens is 1. The highest BCUT2D eigenvalue weighted by Gasteiger charge is 2.32. The topological polar surface area (TPSA) is 0 Å². The first-order valence-electron chi connectivity index (χ1n) is 8.62. The number of aryl methyl sites for hydroxylation is 1. The van der Waals surface area contributed by atoms with Crippen molar-refractivity contribution in [3.8, 4) is 0 Å². The van der Waals surface area contributed by atoms with Crippen molar-refractivity contribution < 1.29 is 0 Å². The van der Waals surface area contributed by atoms with Gasteiger partial charge in [-0.2, -0.15) is 0 Å². The molecule has 0 bridgehead atoms. The zero-order valence-corrected chi connectivity index (χ0v) is 14.6. The molecule has 0 fully saturated rings. The second-order valence-corrected chi connectivity index (χ2v) is 7.87. The molecule has 4 aliphatic carbocycles. The van der Waals surface area contributed by atoms with Gasteiger partial charge in [-0.3, -0.25) is 0 Å². The van der Waals surface area contributed by atoms with E-state index in [1.165, 1.54) is 52.4 Å². The van der Waals surface area contributed by atoms with E-state index in [4.69, 9.17) is 0 Å². The Morgan fingerprint density at radius 2 is 1.78 bits per heavy atom. The maximum Gasteiger partial charge on any atom is 0.0175 e. The summed E-state index contributed by atoms with van der Waals surface area (Å²) < 4.78 is 1.17. The minimum Gasteiger partial charge on any atom is -0.0754 e. The van der Waals surface area contributed by atoms with Crippen molar-refractivity contribution in [2.24, 2.45) is 11.8 Å². The third kappa shape index (κ3) is 2.10. The van der Waals surface area contributed by atoms with Crippen LogP contribution in [0, 0.1) is 11.8 Å². The molecule has 114 valence electrons. The first-order chi connectivity index (χ1) is 11.3. The van der Waals surface area contributed by atoms with Gasteiger partial charge in [0.15, 0.2) is 0 Å². The molecule has 1 heteroatoms. The van der Waals surface area contributed by atoms with Crippen LogP contribution >= 0.6 is 15.9 Å². The Kier molecular flexibility index (Phi) is 3.12. The molecule has 0 spiro atoms. The minimum absolute atomic E-state index is 0.483. The van der Waals surface area contributed by atoms with Crippen LogP contribution in [-0.2, 0) is 12.8 Å². The van der Waals surface area contributed by atoms with Gasteiger partial charge in [-0.1, -0.05) is 64.5 Å². The van der Waals surface area contributed by atoms with Crippen LogP contribution in [0.25, 0.3) is 11.6 Å². The van der Waals surface area contributed by atoms with Crippen LogP contribution in [0.5, 0.6) is 0 Å². The van der Waals surface area contributed by atoms with Crippen LogP contribution in [0.2, 0.25) is 0 Å². The molecular formula is C22H19Br. The first-order valence-corrected chi connectivity index (χ1v) is 9.41. The van der Waals surface area contributed by atoms with Gasteiger partial charge in [0.1, 0.15) is 0 Å². The summed E-state index contributed by atoms with van der Waals surface area (Å²) in [7, 11) is 0. The van der Waals surface area contributed by atoms with Crippen LogP contribution in [-0.4, -0.2) is 0 Å². The Labute approximate surface area is 146 Å². The Balaban J connectivity index is 1.66. The summed E-state index contributed by atoms with van der Waals surface area (Å²) in [6.45, 7) is 0. The molecule has 0 saturated heterocycles. The Morgan fingerprint density at radius 1 is 0.913 bits per heavy atom. The van der Waals surface area contributed by atoms with Gasteiger partial charge >= 0.3 is 0 Å². The minimum atomic E-state index is 0.483. The van der Waals surface area contributed by atoms with Gasteiger partial charge in [0.2, 0.25) is 0 Å². The van der Waals surface area contributed by atoms with Gasteiger partial charge in [-0.25, -0.2) is 0 Å². The second kappa shape index (κ2) is 5.21.